The lowest BCUT2D eigenvalue weighted by molar-refractivity contribution is -0.0335. The van der Waals surface area contributed by atoms with E-state index in [1.165, 1.54) is 10.6 Å². The summed E-state index contributed by atoms with van der Waals surface area (Å²) in [5.74, 6) is 0. The third kappa shape index (κ3) is 2.94. The fraction of sp³-hybridized carbons (Fsp3) is 0.500. The van der Waals surface area contributed by atoms with Gasteiger partial charge in [-0.2, -0.15) is 0 Å². The maximum Gasteiger partial charge on any atom is 0.194 e. The zero-order chi connectivity index (χ0) is 16.0. The van der Waals surface area contributed by atoms with E-state index in [2.05, 4.69) is 39.7 Å². The zero-order valence-corrected chi connectivity index (χ0v) is 15.2. The van der Waals surface area contributed by atoms with E-state index in [1.54, 1.807) is 22.7 Å². The quantitative estimate of drug-likeness (QED) is 0.728. The standard InChI is InChI=1S/C16H20N4OS2/c1-10-9-22-15(17-10)14-8-19(4-5-21-14)7-13-12(3)18-16-20(13)6-11(2)23-16/h6,9,14H,4-5,7-8H2,1-3H3/t14-/m0/s1. The van der Waals surface area contributed by atoms with Gasteiger partial charge in [-0.3, -0.25) is 9.30 Å². The number of fused-ring (bicyclic) bond motifs is 1. The highest BCUT2D eigenvalue weighted by Gasteiger charge is 2.25. The van der Waals surface area contributed by atoms with E-state index in [0.717, 1.165) is 47.6 Å². The van der Waals surface area contributed by atoms with Crippen molar-refractivity contribution in [1.82, 2.24) is 19.3 Å². The van der Waals surface area contributed by atoms with Crippen LogP contribution in [0.25, 0.3) is 4.96 Å². The molecule has 0 aliphatic carbocycles. The average Bonchev–Trinajstić information content (AvgIpc) is 3.17. The molecular formula is C16H20N4OS2. The number of thiazole rings is 2. The highest BCUT2D eigenvalue weighted by atomic mass is 32.1. The molecule has 1 aliphatic rings. The summed E-state index contributed by atoms with van der Waals surface area (Å²) in [6, 6.07) is 0. The molecule has 1 atom stereocenters. The van der Waals surface area contributed by atoms with Crippen molar-refractivity contribution in [1.29, 1.82) is 0 Å². The van der Waals surface area contributed by atoms with Crippen LogP contribution in [0.2, 0.25) is 0 Å². The summed E-state index contributed by atoms with van der Waals surface area (Å²) in [5, 5.41) is 3.19. The summed E-state index contributed by atoms with van der Waals surface area (Å²) in [4.78, 5) is 14.1. The molecule has 3 aromatic rings. The lowest BCUT2D eigenvalue weighted by Gasteiger charge is -2.31. The SMILES string of the molecule is Cc1csc([C@@H]2CN(Cc3c(C)nc4sc(C)cn34)CCO2)n1. The second-order valence-corrected chi connectivity index (χ2v) is 8.16. The van der Waals surface area contributed by atoms with E-state index in [4.69, 9.17) is 9.72 Å². The van der Waals surface area contributed by atoms with Gasteiger partial charge in [-0.15, -0.1) is 22.7 Å². The fourth-order valence-corrected chi connectivity index (χ4v) is 4.75. The summed E-state index contributed by atoms with van der Waals surface area (Å²) < 4.78 is 8.18. The normalized spacial score (nSPS) is 19.7. The molecule has 3 aromatic heterocycles. The van der Waals surface area contributed by atoms with Crippen LogP contribution < -0.4 is 0 Å². The van der Waals surface area contributed by atoms with Crippen molar-refractivity contribution in [3.8, 4) is 0 Å². The van der Waals surface area contributed by atoms with E-state index >= 15 is 0 Å². The number of nitrogens with zero attached hydrogens (tertiary/aromatic N) is 4. The van der Waals surface area contributed by atoms with Gasteiger partial charge >= 0.3 is 0 Å². The molecule has 0 unspecified atom stereocenters. The van der Waals surface area contributed by atoms with E-state index in [1.807, 2.05) is 6.92 Å². The number of rotatable bonds is 3. The molecule has 4 rings (SSSR count). The monoisotopic (exact) mass is 348 g/mol. The van der Waals surface area contributed by atoms with Crippen molar-refractivity contribution in [2.24, 2.45) is 0 Å². The van der Waals surface area contributed by atoms with Crippen molar-refractivity contribution in [3.63, 3.8) is 0 Å². The van der Waals surface area contributed by atoms with Gasteiger partial charge in [0.1, 0.15) is 11.1 Å². The van der Waals surface area contributed by atoms with Gasteiger partial charge in [0.15, 0.2) is 4.96 Å². The minimum Gasteiger partial charge on any atom is -0.368 e. The molecule has 23 heavy (non-hydrogen) atoms. The van der Waals surface area contributed by atoms with Crippen molar-refractivity contribution < 1.29 is 4.74 Å². The predicted molar refractivity (Wildman–Crippen MR) is 93.4 cm³/mol. The van der Waals surface area contributed by atoms with Gasteiger partial charge in [0.2, 0.25) is 0 Å². The van der Waals surface area contributed by atoms with Crippen LogP contribution in [0.3, 0.4) is 0 Å². The van der Waals surface area contributed by atoms with Crippen molar-refractivity contribution in [2.75, 3.05) is 19.7 Å². The number of imidazole rings is 1. The Bertz CT molecular complexity index is 834. The van der Waals surface area contributed by atoms with E-state index in [9.17, 15) is 0 Å². The van der Waals surface area contributed by atoms with Gasteiger partial charge in [0, 0.05) is 41.8 Å². The Labute approximate surface area is 143 Å². The molecule has 1 saturated heterocycles. The first-order chi connectivity index (χ1) is 11.1. The molecule has 0 aromatic carbocycles. The third-order valence-corrected chi connectivity index (χ3v) is 6.13. The molecule has 1 aliphatic heterocycles. The third-order valence-electron chi connectivity index (χ3n) is 4.18. The summed E-state index contributed by atoms with van der Waals surface area (Å²) >= 11 is 3.45. The van der Waals surface area contributed by atoms with Crippen molar-refractivity contribution in [2.45, 2.75) is 33.4 Å². The molecule has 0 N–H and O–H groups in total. The van der Waals surface area contributed by atoms with E-state index in [0.29, 0.717) is 0 Å². The number of ether oxygens (including phenoxy) is 1. The first-order valence-corrected chi connectivity index (χ1v) is 9.49. The van der Waals surface area contributed by atoms with Crippen LogP contribution in [0.15, 0.2) is 11.6 Å². The predicted octanol–water partition coefficient (Wildman–Crippen LogP) is 3.35. The second kappa shape index (κ2) is 5.98. The molecular weight excluding hydrogens is 328 g/mol. The van der Waals surface area contributed by atoms with Crippen LogP contribution in [0.4, 0.5) is 0 Å². The maximum absolute atomic E-state index is 5.93. The summed E-state index contributed by atoms with van der Waals surface area (Å²) in [7, 11) is 0. The number of hydrogen-bond acceptors (Lipinski definition) is 6. The average molecular weight is 348 g/mol. The molecule has 0 radical (unpaired) electrons. The Hall–Kier alpha value is -1.28. The molecule has 5 nitrogen and oxygen atoms in total. The first kappa shape index (κ1) is 15.3. The highest BCUT2D eigenvalue weighted by molar-refractivity contribution is 7.17. The van der Waals surface area contributed by atoms with Gasteiger partial charge < -0.3 is 4.74 Å². The second-order valence-electron chi connectivity index (χ2n) is 6.06. The lowest BCUT2D eigenvalue weighted by atomic mass is 10.2. The van der Waals surface area contributed by atoms with Gasteiger partial charge in [0.25, 0.3) is 0 Å². The molecule has 1 fully saturated rings. The summed E-state index contributed by atoms with van der Waals surface area (Å²) in [6.07, 6.45) is 2.28. The van der Waals surface area contributed by atoms with Crippen LogP contribution >= 0.6 is 22.7 Å². The summed E-state index contributed by atoms with van der Waals surface area (Å²) in [5.41, 5.74) is 3.50. The maximum atomic E-state index is 5.93. The van der Waals surface area contributed by atoms with Crippen molar-refractivity contribution in [3.05, 3.63) is 38.5 Å². The topological polar surface area (TPSA) is 42.7 Å². The van der Waals surface area contributed by atoms with E-state index in [-0.39, 0.29) is 6.10 Å². The van der Waals surface area contributed by atoms with Gasteiger partial charge in [-0.1, -0.05) is 0 Å². The van der Waals surface area contributed by atoms with Gasteiger partial charge in [-0.25, -0.2) is 9.97 Å². The van der Waals surface area contributed by atoms with Crippen LogP contribution in [0, 0.1) is 20.8 Å². The number of morpholine rings is 1. The number of aromatic nitrogens is 3. The van der Waals surface area contributed by atoms with Crippen LogP contribution in [-0.2, 0) is 11.3 Å². The minimum absolute atomic E-state index is 0.0929. The first-order valence-electron chi connectivity index (χ1n) is 7.80. The molecule has 0 bridgehead atoms. The number of hydrogen-bond donors (Lipinski definition) is 0. The highest BCUT2D eigenvalue weighted by Crippen LogP contribution is 2.27. The molecule has 0 spiro atoms. The van der Waals surface area contributed by atoms with Crippen LogP contribution in [-0.4, -0.2) is 39.0 Å². The Morgan fingerprint density at radius 2 is 2.17 bits per heavy atom. The van der Waals surface area contributed by atoms with Crippen LogP contribution in [0.5, 0.6) is 0 Å². The Morgan fingerprint density at radius 3 is 2.96 bits per heavy atom. The smallest absolute Gasteiger partial charge is 0.194 e. The zero-order valence-electron chi connectivity index (χ0n) is 13.6. The van der Waals surface area contributed by atoms with Crippen molar-refractivity contribution >= 4 is 27.6 Å². The molecule has 7 heteroatoms. The molecule has 0 saturated carbocycles. The Morgan fingerprint density at radius 1 is 1.30 bits per heavy atom. The minimum atomic E-state index is 0.0929. The largest absolute Gasteiger partial charge is 0.368 e. The lowest BCUT2D eigenvalue weighted by Crippen LogP contribution is -2.38. The van der Waals surface area contributed by atoms with Gasteiger partial charge in [-0.05, 0) is 20.8 Å². The van der Waals surface area contributed by atoms with Gasteiger partial charge in [0.05, 0.1) is 18.0 Å². The molecule has 4 heterocycles. The Kier molecular flexibility index (Phi) is 3.96. The molecule has 0 amide bonds. The number of aryl methyl sites for hydroxylation is 3. The van der Waals surface area contributed by atoms with Crippen LogP contribution in [0.1, 0.15) is 33.1 Å². The summed E-state index contributed by atoms with van der Waals surface area (Å²) in [6.45, 7) is 9.78. The molecule has 122 valence electrons. The fourth-order valence-electron chi connectivity index (χ4n) is 3.03. The van der Waals surface area contributed by atoms with E-state index < -0.39 is 0 Å². The Balaban J connectivity index is 1.54.